The molecule has 4 rings (SSSR count). The van der Waals surface area contributed by atoms with E-state index in [0.717, 1.165) is 50.3 Å². The highest BCUT2D eigenvalue weighted by Crippen LogP contribution is 2.22. The minimum Gasteiger partial charge on any atom is -0.376 e. The Hall–Kier alpha value is -1.89. The molecule has 0 bridgehead atoms. The Labute approximate surface area is 159 Å². The summed E-state index contributed by atoms with van der Waals surface area (Å²) in [6, 6.07) is 10.2. The SMILES string of the molecule is Cl.O=C(c1n[nH]c2c1CNCC2)N1CCC(COCc2ccccc2)C1. The Bertz CT molecular complexity index is 734. The normalized spacial score (nSPS) is 19.1. The largest absolute Gasteiger partial charge is 0.376 e. The zero-order valence-corrected chi connectivity index (χ0v) is 15.6. The van der Waals surface area contributed by atoms with Gasteiger partial charge in [0.25, 0.3) is 5.91 Å². The van der Waals surface area contributed by atoms with Crippen LogP contribution < -0.4 is 5.32 Å². The van der Waals surface area contributed by atoms with Crippen LogP contribution in [0.2, 0.25) is 0 Å². The van der Waals surface area contributed by atoms with E-state index < -0.39 is 0 Å². The number of fused-ring (bicyclic) bond motifs is 1. The van der Waals surface area contributed by atoms with E-state index in [1.54, 1.807) is 0 Å². The summed E-state index contributed by atoms with van der Waals surface area (Å²) in [6.07, 6.45) is 1.90. The molecule has 1 aromatic heterocycles. The predicted octanol–water partition coefficient (Wildman–Crippen LogP) is 2.16. The smallest absolute Gasteiger partial charge is 0.274 e. The van der Waals surface area contributed by atoms with E-state index in [-0.39, 0.29) is 18.3 Å². The molecule has 26 heavy (non-hydrogen) atoms. The van der Waals surface area contributed by atoms with Gasteiger partial charge in [-0.05, 0) is 12.0 Å². The van der Waals surface area contributed by atoms with E-state index in [1.807, 2.05) is 23.1 Å². The number of aromatic nitrogens is 2. The van der Waals surface area contributed by atoms with Crippen LogP contribution in [-0.4, -0.2) is 47.2 Å². The molecule has 0 aliphatic carbocycles. The summed E-state index contributed by atoms with van der Waals surface area (Å²) in [5, 5.41) is 10.6. The zero-order chi connectivity index (χ0) is 17.1. The van der Waals surface area contributed by atoms with E-state index >= 15 is 0 Å². The van der Waals surface area contributed by atoms with Crippen LogP contribution in [0.3, 0.4) is 0 Å². The van der Waals surface area contributed by atoms with Crippen molar-refractivity contribution in [2.75, 3.05) is 26.2 Å². The van der Waals surface area contributed by atoms with E-state index in [1.165, 1.54) is 5.56 Å². The number of halogens is 1. The van der Waals surface area contributed by atoms with Gasteiger partial charge in [-0.1, -0.05) is 30.3 Å². The Kier molecular flexibility index (Phi) is 6.29. The number of aromatic amines is 1. The molecule has 1 atom stereocenters. The highest BCUT2D eigenvalue weighted by atomic mass is 35.5. The first-order valence-electron chi connectivity index (χ1n) is 8.99. The lowest BCUT2D eigenvalue weighted by molar-refractivity contribution is 0.0727. The number of carbonyl (C=O) groups excluding carboxylic acids is 1. The van der Waals surface area contributed by atoms with Gasteiger partial charge in [-0.25, -0.2) is 0 Å². The van der Waals surface area contributed by atoms with Crippen molar-refractivity contribution < 1.29 is 9.53 Å². The number of nitrogens with zero attached hydrogens (tertiary/aromatic N) is 2. The molecule has 1 aromatic carbocycles. The molecule has 2 aliphatic rings. The van der Waals surface area contributed by atoms with Gasteiger partial charge < -0.3 is 15.0 Å². The molecule has 1 fully saturated rings. The van der Waals surface area contributed by atoms with Crippen molar-refractivity contribution in [3.8, 4) is 0 Å². The Morgan fingerprint density at radius 3 is 3.00 bits per heavy atom. The molecule has 3 heterocycles. The molecule has 2 N–H and O–H groups in total. The summed E-state index contributed by atoms with van der Waals surface area (Å²) in [5.74, 6) is 0.451. The summed E-state index contributed by atoms with van der Waals surface area (Å²) in [7, 11) is 0. The predicted molar refractivity (Wildman–Crippen MR) is 101 cm³/mol. The lowest BCUT2D eigenvalue weighted by Crippen LogP contribution is -2.32. The average Bonchev–Trinajstić information content (AvgIpc) is 3.29. The van der Waals surface area contributed by atoms with E-state index in [4.69, 9.17) is 4.74 Å². The Morgan fingerprint density at radius 2 is 2.15 bits per heavy atom. The van der Waals surface area contributed by atoms with Gasteiger partial charge in [0.15, 0.2) is 5.69 Å². The molecule has 7 heteroatoms. The monoisotopic (exact) mass is 376 g/mol. The highest BCUT2D eigenvalue weighted by Gasteiger charge is 2.31. The number of ether oxygens (including phenoxy) is 1. The summed E-state index contributed by atoms with van der Waals surface area (Å²) in [5.41, 5.74) is 3.92. The number of hydrogen-bond donors (Lipinski definition) is 2. The highest BCUT2D eigenvalue weighted by molar-refractivity contribution is 5.94. The molecular formula is C19H25ClN4O2. The first-order valence-corrected chi connectivity index (χ1v) is 8.99. The Morgan fingerprint density at radius 1 is 1.31 bits per heavy atom. The van der Waals surface area contributed by atoms with Gasteiger partial charge in [0.2, 0.25) is 0 Å². The number of hydrogen-bond acceptors (Lipinski definition) is 4. The first-order chi connectivity index (χ1) is 12.3. The maximum atomic E-state index is 12.8. The number of amides is 1. The second-order valence-corrected chi connectivity index (χ2v) is 6.86. The molecule has 1 saturated heterocycles. The lowest BCUT2D eigenvalue weighted by Gasteiger charge is -2.18. The zero-order valence-electron chi connectivity index (χ0n) is 14.7. The van der Waals surface area contributed by atoms with Gasteiger partial charge in [-0.3, -0.25) is 9.89 Å². The molecule has 6 nitrogen and oxygen atoms in total. The lowest BCUT2D eigenvalue weighted by atomic mass is 10.1. The van der Waals surface area contributed by atoms with Gasteiger partial charge in [0.1, 0.15) is 0 Å². The van der Waals surface area contributed by atoms with Crippen LogP contribution in [-0.2, 0) is 24.3 Å². The topological polar surface area (TPSA) is 70.2 Å². The van der Waals surface area contributed by atoms with Gasteiger partial charge in [-0.2, -0.15) is 5.10 Å². The Balaban J connectivity index is 0.00000196. The van der Waals surface area contributed by atoms with Crippen LogP contribution in [0.4, 0.5) is 0 Å². The fraction of sp³-hybridized carbons (Fsp3) is 0.474. The van der Waals surface area contributed by atoms with Crippen LogP contribution in [0.5, 0.6) is 0 Å². The van der Waals surface area contributed by atoms with Crippen molar-refractivity contribution in [2.24, 2.45) is 5.92 Å². The van der Waals surface area contributed by atoms with Crippen LogP contribution in [0.15, 0.2) is 30.3 Å². The average molecular weight is 377 g/mol. The van der Waals surface area contributed by atoms with Crippen molar-refractivity contribution >= 4 is 18.3 Å². The molecule has 0 spiro atoms. The maximum absolute atomic E-state index is 12.8. The summed E-state index contributed by atoms with van der Waals surface area (Å²) in [6.45, 7) is 4.52. The van der Waals surface area contributed by atoms with Gasteiger partial charge in [0.05, 0.1) is 13.2 Å². The fourth-order valence-corrected chi connectivity index (χ4v) is 3.62. The van der Waals surface area contributed by atoms with Gasteiger partial charge >= 0.3 is 0 Å². The fourth-order valence-electron chi connectivity index (χ4n) is 3.62. The van der Waals surface area contributed by atoms with Gasteiger partial charge in [-0.15, -0.1) is 12.4 Å². The molecule has 0 saturated carbocycles. The van der Waals surface area contributed by atoms with Crippen molar-refractivity contribution in [3.05, 3.63) is 52.8 Å². The van der Waals surface area contributed by atoms with Crippen molar-refractivity contribution in [1.82, 2.24) is 20.4 Å². The first kappa shape index (κ1) is 18.9. The van der Waals surface area contributed by atoms with E-state index in [0.29, 0.717) is 24.8 Å². The van der Waals surface area contributed by atoms with E-state index in [2.05, 4.69) is 27.6 Å². The number of rotatable bonds is 5. The second-order valence-electron chi connectivity index (χ2n) is 6.86. The molecule has 0 radical (unpaired) electrons. The number of carbonyl (C=O) groups is 1. The number of nitrogens with one attached hydrogen (secondary N) is 2. The molecule has 140 valence electrons. The molecule has 2 aliphatic heterocycles. The van der Waals surface area contributed by atoms with E-state index in [9.17, 15) is 4.79 Å². The third kappa shape index (κ3) is 4.09. The number of H-pyrrole nitrogens is 1. The minimum absolute atomic E-state index is 0. The third-order valence-electron chi connectivity index (χ3n) is 5.05. The second kappa shape index (κ2) is 8.66. The van der Waals surface area contributed by atoms with Crippen molar-refractivity contribution in [2.45, 2.75) is 26.0 Å². The standard InChI is InChI=1S/C19H24N4O2.ClH/c24-19(18-16-10-20-8-6-17(16)21-22-18)23-9-7-15(11-23)13-25-12-14-4-2-1-3-5-14;/h1-5,15,20H,6-13H2,(H,21,22);1H. The minimum atomic E-state index is 0. The maximum Gasteiger partial charge on any atom is 0.274 e. The summed E-state index contributed by atoms with van der Waals surface area (Å²) in [4.78, 5) is 14.7. The molecule has 1 unspecified atom stereocenters. The number of likely N-dealkylation sites (tertiary alicyclic amines) is 1. The van der Waals surface area contributed by atoms with Crippen LogP contribution in [0, 0.1) is 5.92 Å². The molecular weight excluding hydrogens is 352 g/mol. The summed E-state index contributed by atoms with van der Waals surface area (Å²) >= 11 is 0. The number of benzene rings is 1. The van der Waals surface area contributed by atoms with Crippen LogP contribution in [0.25, 0.3) is 0 Å². The molecule has 2 aromatic rings. The van der Waals surface area contributed by atoms with Crippen molar-refractivity contribution in [1.29, 1.82) is 0 Å². The summed E-state index contributed by atoms with van der Waals surface area (Å²) < 4.78 is 5.84. The quantitative estimate of drug-likeness (QED) is 0.838. The van der Waals surface area contributed by atoms with Crippen LogP contribution in [0.1, 0.15) is 33.7 Å². The third-order valence-corrected chi connectivity index (χ3v) is 5.05. The van der Waals surface area contributed by atoms with Crippen LogP contribution >= 0.6 is 12.4 Å². The molecule has 1 amide bonds. The van der Waals surface area contributed by atoms with Gasteiger partial charge in [0, 0.05) is 49.8 Å². The van der Waals surface area contributed by atoms with Crippen molar-refractivity contribution in [3.63, 3.8) is 0 Å².